The summed E-state index contributed by atoms with van der Waals surface area (Å²) in [7, 11) is 0. The number of hydrogen-bond donors (Lipinski definition) is 1. The van der Waals surface area contributed by atoms with Crippen LogP contribution in [-0.4, -0.2) is 11.8 Å². The van der Waals surface area contributed by atoms with Crippen LogP contribution in [0.15, 0.2) is 36.4 Å². The van der Waals surface area contributed by atoms with Crippen LogP contribution >= 0.6 is 0 Å². The summed E-state index contributed by atoms with van der Waals surface area (Å²) < 4.78 is 0. The predicted octanol–water partition coefficient (Wildman–Crippen LogP) is 3.76. The van der Waals surface area contributed by atoms with Crippen LogP contribution in [0, 0.1) is 20.8 Å². The molecule has 0 amide bonds. The molecule has 21 heavy (non-hydrogen) atoms. The molecule has 3 rings (SSSR count). The molecule has 2 heteroatoms. The maximum absolute atomic E-state index is 12.4. The van der Waals surface area contributed by atoms with Crippen LogP contribution in [0.1, 0.15) is 27.8 Å². The number of aryl methyl sites for hydroxylation is 3. The SMILES string of the molecule is Cc1cc(C)c(C[C@@H]2Nc3ccccc3CC2=O)c(C)c1. The number of carbonyl (C=O) groups is 1. The Morgan fingerprint density at radius 2 is 1.76 bits per heavy atom. The van der Waals surface area contributed by atoms with E-state index in [1.54, 1.807) is 0 Å². The highest BCUT2D eigenvalue weighted by Crippen LogP contribution is 2.26. The van der Waals surface area contributed by atoms with Crippen molar-refractivity contribution in [3.05, 3.63) is 64.2 Å². The van der Waals surface area contributed by atoms with Crippen LogP contribution in [0.2, 0.25) is 0 Å². The fourth-order valence-corrected chi connectivity index (χ4v) is 3.30. The molecule has 0 aliphatic carbocycles. The monoisotopic (exact) mass is 279 g/mol. The molecule has 2 aromatic carbocycles. The number of benzene rings is 2. The molecule has 1 aliphatic rings. The van der Waals surface area contributed by atoms with Gasteiger partial charge in [-0.3, -0.25) is 4.79 Å². The zero-order chi connectivity index (χ0) is 15.0. The van der Waals surface area contributed by atoms with Crippen LogP contribution in [0.3, 0.4) is 0 Å². The maximum atomic E-state index is 12.4. The Hall–Kier alpha value is -2.09. The van der Waals surface area contributed by atoms with Crippen molar-refractivity contribution in [2.24, 2.45) is 0 Å². The number of para-hydroxylation sites is 1. The topological polar surface area (TPSA) is 29.1 Å². The van der Waals surface area contributed by atoms with E-state index in [9.17, 15) is 4.79 Å². The molecule has 0 bridgehead atoms. The average molecular weight is 279 g/mol. The van der Waals surface area contributed by atoms with Gasteiger partial charge in [0.2, 0.25) is 0 Å². The molecule has 2 aromatic rings. The number of fused-ring (bicyclic) bond motifs is 1. The lowest BCUT2D eigenvalue weighted by molar-refractivity contribution is -0.119. The third kappa shape index (κ3) is 2.71. The predicted molar refractivity (Wildman–Crippen MR) is 86.9 cm³/mol. The quantitative estimate of drug-likeness (QED) is 0.907. The highest BCUT2D eigenvalue weighted by atomic mass is 16.1. The van der Waals surface area contributed by atoms with Gasteiger partial charge in [-0.1, -0.05) is 35.9 Å². The third-order valence-electron chi connectivity index (χ3n) is 4.35. The van der Waals surface area contributed by atoms with Crippen LogP contribution in [-0.2, 0) is 17.6 Å². The lowest BCUT2D eigenvalue weighted by Crippen LogP contribution is -2.37. The van der Waals surface area contributed by atoms with E-state index in [1.165, 1.54) is 22.3 Å². The molecule has 0 aromatic heterocycles. The molecule has 0 unspecified atom stereocenters. The van der Waals surface area contributed by atoms with Gasteiger partial charge in [0.1, 0.15) is 0 Å². The van der Waals surface area contributed by atoms with Gasteiger partial charge >= 0.3 is 0 Å². The summed E-state index contributed by atoms with van der Waals surface area (Å²) in [5, 5.41) is 3.41. The molecule has 0 radical (unpaired) electrons. The maximum Gasteiger partial charge on any atom is 0.159 e. The summed E-state index contributed by atoms with van der Waals surface area (Å²) in [6.07, 6.45) is 1.31. The van der Waals surface area contributed by atoms with E-state index in [4.69, 9.17) is 0 Å². The number of anilines is 1. The van der Waals surface area contributed by atoms with E-state index in [2.05, 4.69) is 44.3 Å². The second-order valence-electron chi connectivity index (χ2n) is 6.08. The van der Waals surface area contributed by atoms with E-state index in [-0.39, 0.29) is 11.8 Å². The number of Topliss-reactive ketones (excluding diaryl/α,β-unsaturated/α-hetero) is 1. The largest absolute Gasteiger partial charge is 0.375 e. The van der Waals surface area contributed by atoms with E-state index in [0.717, 1.165) is 17.7 Å². The lowest BCUT2D eigenvalue weighted by atomic mass is 9.89. The zero-order valence-electron chi connectivity index (χ0n) is 12.9. The fraction of sp³-hybridized carbons (Fsp3) is 0.316. The second-order valence-corrected chi connectivity index (χ2v) is 6.08. The first-order chi connectivity index (χ1) is 10.0. The van der Waals surface area contributed by atoms with Gasteiger partial charge in [0, 0.05) is 18.5 Å². The Labute approximate surface area is 126 Å². The van der Waals surface area contributed by atoms with Crippen molar-refractivity contribution in [3.63, 3.8) is 0 Å². The van der Waals surface area contributed by atoms with Crippen LogP contribution in [0.25, 0.3) is 0 Å². The second kappa shape index (κ2) is 5.36. The molecule has 1 N–H and O–H groups in total. The number of hydrogen-bond acceptors (Lipinski definition) is 2. The Morgan fingerprint density at radius 3 is 2.48 bits per heavy atom. The summed E-state index contributed by atoms with van der Waals surface area (Å²) in [6, 6.07) is 12.4. The standard InChI is InChI=1S/C19H21NO/c1-12-8-13(2)16(14(3)9-12)11-18-19(21)10-15-6-4-5-7-17(15)20-18/h4-9,18,20H,10-11H2,1-3H3/t18-/m0/s1. The number of carbonyl (C=O) groups excluding carboxylic acids is 1. The van der Waals surface area contributed by atoms with Crippen molar-refractivity contribution in [1.29, 1.82) is 0 Å². The van der Waals surface area contributed by atoms with E-state index in [1.807, 2.05) is 18.2 Å². The van der Waals surface area contributed by atoms with Gasteiger partial charge in [0.05, 0.1) is 6.04 Å². The molecule has 1 atom stereocenters. The minimum absolute atomic E-state index is 0.111. The number of rotatable bonds is 2. The van der Waals surface area contributed by atoms with E-state index >= 15 is 0 Å². The third-order valence-corrected chi connectivity index (χ3v) is 4.35. The van der Waals surface area contributed by atoms with E-state index in [0.29, 0.717) is 6.42 Å². The number of nitrogens with one attached hydrogen (secondary N) is 1. The Balaban J connectivity index is 1.88. The summed E-state index contributed by atoms with van der Waals surface area (Å²) in [4.78, 5) is 12.4. The normalized spacial score (nSPS) is 17.3. The van der Waals surface area contributed by atoms with Gasteiger partial charge in [-0.25, -0.2) is 0 Å². The van der Waals surface area contributed by atoms with Crippen LogP contribution in [0.5, 0.6) is 0 Å². The van der Waals surface area contributed by atoms with Gasteiger partial charge in [0.15, 0.2) is 5.78 Å². The van der Waals surface area contributed by atoms with Gasteiger partial charge in [-0.05, 0) is 49.1 Å². The highest BCUT2D eigenvalue weighted by Gasteiger charge is 2.26. The molecule has 2 nitrogen and oxygen atoms in total. The van der Waals surface area contributed by atoms with Gasteiger partial charge in [-0.15, -0.1) is 0 Å². The summed E-state index contributed by atoms with van der Waals surface area (Å²) in [6.45, 7) is 6.39. The van der Waals surface area contributed by atoms with Crippen molar-refractivity contribution >= 4 is 11.5 Å². The van der Waals surface area contributed by atoms with Crippen LogP contribution in [0.4, 0.5) is 5.69 Å². The Bertz CT molecular complexity index is 679. The average Bonchev–Trinajstić information content (AvgIpc) is 2.43. The Morgan fingerprint density at radius 1 is 1.10 bits per heavy atom. The number of ketones is 1. The fourth-order valence-electron chi connectivity index (χ4n) is 3.30. The van der Waals surface area contributed by atoms with Gasteiger partial charge < -0.3 is 5.32 Å². The lowest BCUT2D eigenvalue weighted by Gasteiger charge is -2.27. The molecular weight excluding hydrogens is 258 g/mol. The van der Waals surface area contributed by atoms with Crippen molar-refractivity contribution in [3.8, 4) is 0 Å². The first-order valence-corrected chi connectivity index (χ1v) is 7.48. The van der Waals surface area contributed by atoms with Crippen molar-refractivity contribution in [1.82, 2.24) is 0 Å². The molecule has 108 valence electrons. The molecule has 1 heterocycles. The minimum atomic E-state index is -0.111. The summed E-state index contributed by atoms with van der Waals surface area (Å²) in [5.41, 5.74) is 7.34. The first kappa shape index (κ1) is 13.9. The molecule has 0 saturated heterocycles. The zero-order valence-corrected chi connectivity index (χ0v) is 12.9. The van der Waals surface area contributed by atoms with Crippen molar-refractivity contribution in [2.45, 2.75) is 39.7 Å². The van der Waals surface area contributed by atoms with Gasteiger partial charge in [-0.2, -0.15) is 0 Å². The first-order valence-electron chi connectivity index (χ1n) is 7.48. The molecule has 0 fully saturated rings. The van der Waals surface area contributed by atoms with E-state index < -0.39 is 0 Å². The Kier molecular flexibility index (Phi) is 3.54. The molecule has 1 aliphatic heterocycles. The summed E-state index contributed by atoms with van der Waals surface area (Å²) >= 11 is 0. The highest BCUT2D eigenvalue weighted by molar-refractivity contribution is 5.93. The van der Waals surface area contributed by atoms with Crippen molar-refractivity contribution in [2.75, 3.05) is 5.32 Å². The molecule has 0 spiro atoms. The molecule has 0 saturated carbocycles. The van der Waals surface area contributed by atoms with Gasteiger partial charge in [0.25, 0.3) is 0 Å². The minimum Gasteiger partial charge on any atom is -0.375 e. The summed E-state index contributed by atoms with van der Waals surface area (Å²) in [5.74, 6) is 0.285. The smallest absolute Gasteiger partial charge is 0.159 e. The molecular formula is C19H21NO. The van der Waals surface area contributed by atoms with Crippen molar-refractivity contribution < 1.29 is 4.79 Å². The van der Waals surface area contributed by atoms with Crippen LogP contribution < -0.4 is 5.32 Å².